The molecule has 7 aromatic carbocycles. The summed E-state index contributed by atoms with van der Waals surface area (Å²) in [5.41, 5.74) is 6.04. The molecule has 368 valence electrons. The number of unbranched alkanes of at least 4 members (excludes halogenated alkanes) is 6. The Balaban J connectivity index is 0.780. The lowest BCUT2D eigenvalue weighted by atomic mass is 10.0. The number of carbonyl (C=O) groups is 3. The molecule has 0 spiro atoms. The number of nitrogens with zero attached hydrogens (tertiary/aromatic N) is 3. The van der Waals surface area contributed by atoms with Crippen LogP contribution in [0.25, 0.3) is 43.8 Å². The van der Waals surface area contributed by atoms with Crippen LogP contribution in [-0.4, -0.2) is 75.4 Å². The van der Waals surface area contributed by atoms with Crippen LogP contribution >= 0.6 is 0 Å². The molecular weight excluding hydrogens is 901 g/mol. The van der Waals surface area contributed by atoms with Gasteiger partial charge in [0.15, 0.2) is 0 Å². The minimum absolute atomic E-state index is 0.160. The Hall–Kier alpha value is -7.99. The smallest absolute Gasteiger partial charge is 0.307 e. The zero-order chi connectivity index (χ0) is 50.2. The third kappa shape index (κ3) is 16.6. The second kappa shape index (κ2) is 28.0. The summed E-state index contributed by atoms with van der Waals surface area (Å²) >= 11 is 0. The van der Waals surface area contributed by atoms with Crippen molar-refractivity contribution < 1.29 is 33.3 Å². The summed E-state index contributed by atoms with van der Waals surface area (Å²) in [7, 11) is 0. The van der Waals surface area contributed by atoms with Crippen molar-refractivity contribution in [2.75, 3.05) is 52.6 Å². The van der Waals surface area contributed by atoms with E-state index in [1.807, 2.05) is 132 Å². The van der Waals surface area contributed by atoms with Crippen molar-refractivity contribution in [2.24, 2.45) is 0 Å². The maximum Gasteiger partial charge on any atom is 0.307 e. The van der Waals surface area contributed by atoms with E-state index in [9.17, 15) is 14.4 Å². The minimum atomic E-state index is -0.300. The molecule has 0 aliphatic carbocycles. The summed E-state index contributed by atoms with van der Waals surface area (Å²) in [6.07, 6.45) is 7.29. The molecule has 0 bridgehead atoms. The van der Waals surface area contributed by atoms with Crippen molar-refractivity contribution in [1.82, 2.24) is 10.2 Å². The van der Waals surface area contributed by atoms with Crippen LogP contribution in [0.5, 0.6) is 11.5 Å². The van der Waals surface area contributed by atoms with Crippen LogP contribution < -0.4 is 14.8 Å². The largest absolute Gasteiger partial charge is 0.494 e. The highest BCUT2D eigenvalue weighted by atomic mass is 16.5. The molecule has 0 aliphatic heterocycles. The van der Waals surface area contributed by atoms with E-state index in [0.717, 1.165) is 107 Å². The number of rotatable bonds is 28. The number of nitrogens with one attached hydrogen (secondary N) is 1. The molecule has 11 heteroatoms. The molecule has 0 saturated carbocycles. The maximum atomic E-state index is 13.3. The summed E-state index contributed by atoms with van der Waals surface area (Å²) in [5, 5.41) is 25.4. The number of nitriles is 2. The zero-order valence-corrected chi connectivity index (χ0v) is 40.9. The molecule has 0 fully saturated rings. The van der Waals surface area contributed by atoms with Crippen molar-refractivity contribution in [3.05, 3.63) is 168 Å². The van der Waals surface area contributed by atoms with Crippen molar-refractivity contribution in [2.45, 2.75) is 64.2 Å². The van der Waals surface area contributed by atoms with Gasteiger partial charge in [-0.25, -0.2) is 0 Å². The summed E-state index contributed by atoms with van der Waals surface area (Å²) < 4.78 is 23.0. The first-order valence-corrected chi connectivity index (χ1v) is 25.0. The average molecular weight is 963 g/mol. The highest BCUT2D eigenvalue weighted by Gasteiger charge is 2.14. The van der Waals surface area contributed by atoms with Gasteiger partial charge in [0.05, 0.1) is 62.5 Å². The van der Waals surface area contributed by atoms with Crippen LogP contribution in [0.3, 0.4) is 0 Å². The molecule has 0 atom stereocenters. The van der Waals surface area contributed by atoms with Gasteiger partial charge in [-0.1, -0.05) is 78.9 Å². The zero-order valence-electron chi connectivity index (χ0n) is 40.9. The summed E-state index contributed by atoms with van der Waals surface area (Å²) in [4.78, 5) is 41.0. The normalized spacial score (nSPS) is 10.9. The molecular formula is C61H62N4O7. The second-order valence-electron chi connectivity index (χ2n) is 17.8. The van der Waals surface area contributed by atoms with E-state index in [-0.39, 0.29) is 30.7 Å². The Kier molecular flexibility index (Phi) is 20.2. The third-order valence-corrected chi connectivity index (χ3v) is 12.5. The van der Waals surface area contributed by atoms with Crippen LogP contribution in [0.2, 0.25) is 0 Å². The Morgan fingerprint density at radius 1 is 0.444 bits per heavy atom. The molecule has 1 N–H and O–H groups in total. The number of fused-ring (bicyclic) bond motifs is 2. The molecule has 7 rings (SSSR count). The van der Waals surface area contributed by atoms with E-state index in [1.54, 1.807) is 0 Å². The molecule has 0 aromatic heterocycles. The van der Waals surface area contributed by atoms with Gasteiger partial charge in [0.2, 0.25) is 0 Å². The standard InChI is InChI=1S/C61H62N4O7/c62-44-46-13-17-48(18-14-46)50-23-27-57(28-24-50)69-37-7-1-3-9-39-71-59(66)31-34-65(36-33-64-61(68)55-22-21-54-41-52-11-5-6-12-53(52)42-56(54)43-55)35-32-60(67)72-40-10-4-2-8-38-70-58-29-25-51(26-30-58)49-19-15-47(45-63)16-20-49/h5-6,11-30,41-43H,1-4,7-10,31-40H2,(H,64,68). The summed E-state index contributed by atoms with van der Waals surface area (Å²) in [6.45, 7) is 3.39. The molecule has 0 radical (unpaired) electrons. The number of amides is 1. The van der Waals surface area contributed by atoms with Gasteiger partial charge in [-0.15, -0.1) is 0 Å². The van der Waals surface area contributed by atoms with Crippen molar-refractivity contribution >= 4 is 39.4 Å². The highest BCUT2D eigenvalue weighted by Crippen LogP contribution is 2.26. The predicted molar refractivity (Wildman–Crippen MR) is 282 cm³/mol. The lowest BCUT2D eigenvalue weighted by molar-refractivity contribution is -0.144. The molecule has 7 aromatic rings. The number of ether oxygens (including phenoxy) is 4. The molecule has 0 heterocycles. The lowest BCUT2D eigenvalue weighted by Crippen LogP contribution is -2.37. The predicted octanol–water partition coefficient (Wildman–Crippen LogP) is 12.2. The van der Waals surface area contributed by atoms with Gasteiger partial charge in [0, 0.05) is 31.7 Å². The first kappa shape index (κ1) is 51.8. The van der Waals surface area contributed by atoms with Gasteiger partial charge in [-0.2, -0.15) is 10.5 Å². The topological polar surface area (TPSA) is 151 Å². The fraction of sp³-hybridized carbons (Fsp3) is 0.295. The van der Waals surface area contributed by atoms with Crippen LogP contribution in [0.15, 0.2) is 152 Å². The van der Waals surface area contributed by atoms with Crippen molar-refractivity contribution in [3.8, 4) is 45.9 Å². The molecule has 0 aliphatic rings. The second-order valence-corrected chi connectivity index (χ2v) is 17.8. The van der Waals surface area contributed by atoms with E-state index in [1.165, 1.54) is 0 Å². The van der Waals surface area contributed by atoms with Crippen LogP contribution in [0.4, 0.5) is 0 Å². The van der Waals surface area contributed by atoms with Crippen molar-refractivity contribution in [3.63, 3.8) is 0 Å². The fourth-order valence-corrected chi connectivity index (χ4v) is 8.32. The SMILES string of the molecule is N#Cc1ccc(-c2ccc(OCCCCCCOC(=O)CCN(CCNC(=O)c3ccc4cc5ccccc5cc4c3)CCC(=O)OCCCCCCOc3ccc(-c4ccc(C#N)cc4)cc3)cc2)cc1. The number of carbonyl (C=O) groups excluding carboxylic acids is 3. The number of esters is 2. The average Bonchev–Trinajstić information content (AvgIpc) is 3.42. The van der Waals surface area contributed by atoms with Gasteiger partial charge in [0.25, 0.3) is 5.91 Å². The van der Waals surface area contributed by atoms with Crippen LogP contribution in [-0.2, 0) is 19.1 Å². The Morgan fingerprint density at radius 2 is 0.861 bits per heavy atom. The number of hydrogen-bond acceptors (Lipinski definition) is 10. The maximum absolute atomic E-state index is 13.3. The van der Waals surface area contributed by atoms with E-state index in [4.69, 9.17) is 29.5 Å². The van der Waals surface area contributed by atoms with Gasteiger partial charge < -0.3 is 29.2 Å². The molecule has 11 nitrogen and oxygen atoms in total. The quantitative estimate of drug-likeness (QED) is 0.0285. The minimum Gasteiger partial charge on any atom is -0.494 e. The number of hydrogen-bond donors (Lipinski definition) is 1. The van der Waals surface area contributed by atoms with Crippen LogP contribution in [0, 0.1) is 22.7 Å². The lowest BCUT2D eigenvalue weighted by Gasteiger charge is -2.22. The summed E-state index contributed by atoms with van der Waals surface area (Å²) in [5.74, 6) is 0.823. The monoisotopic (exact) mass is 962 g/mol. The Morgan fingerprint density at radius 3 is 1.32 bits per heavy atom. The first-order chi connectivity index (χ1) is 35.3. The third-order valence-electron chi connectivity index (χ3n) is 12.5. The Labute approximate surface area is 422 Å². The highest BCUT2D eigenvalue weighted by molar-refractivity contribution is 6.03. The molecule has 0 saturated heterocycles. The summed E-state index contributed by atoms with van der Waals surface area (Å²) in [6, 6.07) is 53.2. The van der Waals surface area contributed by atoms with Gasteiger partial charge in [-0.05, 0) is 168 Å². The van der Waals surface area contributed by atoms with E-state index >= 15 is 0 Å². The number of benzene rings is 7. The van der Waals surface area contributed by atoms with Gasteiger partial charge in [0.1, 0.15) is 11.5 Å². The molecule has 72 heavy (non-hydrogen) atoms. The van der Waals surface area contributed by atoms with Gasteiger partial charge in [-0.3, -0.25) is 14.4 Å². The fourth-order valence-electron chi connectivity index (χ4n) is 8.32. The van der Waals surface area contributed by atoms with E-state index in [2.05, 4.69) is 41.7 Å². The van der Waals surface area contributed by atoms with Crippen LogP contribution in [0.1, 0.15) is 85.7 Å². The van der Waals surface area contributed by atoms with E-state index < -0.39 is 0 Å². The Bertz CT molecular complexity index is 2790. The van der Waals surface area contributed by atoms with Crippen molar-refractivity contribution in [1.29, 1.82) is 10.5 Å². The van der Waals surface area contributed by atoms with E-state index in [0.29, 0.717) is 69.3 Å². The molecule has 1 amide bonds. The van der Waals surface area contributed by atoms with Gasteiger partial charge >= 0.3 is 11.9 Å². The first-order valence-electron chi connectivity index (χ1n) is 25.0. The molecule has 0 unspecified atom stereocenters.